The van der Waals surface area contributed by atoms with Crippen molar-refractivity contribution in [3.8, 4) is 0 Å². The summed E-state index contributed by atoms with van der Waals surface area (Å²) in [5.41, 5.74) is 0.962. The highest BCUT2D eigenvalue weighted by Crippen LogP contribution is 2.31. The van der Waals surface area contributed by atoms with E-state index in [0.717, 1.165) is 65.1 Å². The van der Waals surface area contributed by atoms with Crippen molar-refractivity contribution in [2.75, 3.05) is 6.54 Å². The molecule has 0 saturated heterocycles. The van der Waals surface area contributed by atoms with E-state index in [2.05, 4.69) is 185 Å². The molecule has 0 aromatic carbocycles. The lowest BCUT2D eigenvalue weighted by Crippen LogP contribution is -2.38. The van der Waals surface area contributed by atoms with Crippen LogP contribution in [-0.2, 0) is 0 Å². The van der Waals surface area contributed by atoms with Crippen molar-refractivity contribution >= 4 is 0 Å². The summed E-state index contributed by atoms with van der Waals surface area (Å²) in [5.74, 6) is 9.42. The Morgan fingerprint density at radius 3 is 0.833 bits per heavy atom. The lowest BCUT2D eigenvalue weighted by molar-refractivity contribution is 0.151. The maximum absolute atomic E-state index is 2.56. The van der Waals surface area contributed by atoms with Gasteiger partial charge < -0.3 is 0 Å². The van der Waals surface area contributed by atoms with Crippen LogP contribution in [0, 0.1) is 75.9 Å². The average molecular weight is 684 g/mol. The molecule has 0 aliphatic rings. The summed E-state index contributed by atoms with van der Waals surface area (Å²) in [5, 5.41) is 0. The molecule has 0 heterocycles. The Labute approximate surface area is 311 Å². The minimum absolute atomic E-state index is 0. The maximum atomic E-state index is 2.56. The molecule has 0 aromatic rings. The Morgan fingerprint density at radius 1 is 0.396 bits per heavy atom. The van der Waals surface area contributed by atoms with Crippen molar-refractivity contribution in [3.63, 3.8) is 0 Å². The molecule has 0 aromatic heterocycles. The maximum Gasteiger partial charge on any atom is 0.00412 e. The van der Waals surface area contributed by atoms with Crippen LogP contribution in [0.5, 0.6) is 0 Å². The van der Waals surface area contributed by atoms with Gasteiger partial charge in [0, 0.05) is 12.1 Å². The van der Waals surface area contributed by atoms with E-state index in [1.165, 1.54) is 32.2 Å². The van der Waals surface area contributed by atoms with Crippen molar-refractivity contribution < 1.29 is 0 Å². The summed E-state index contributed by atoms with van der Waals surface area (Å²) in [4.78, 5) is 2.56. The van der Waals surface area contributed by atoms with E-state index in [-0.39, 0.29) is 7.43 Å². The van der Waals surface area contributed by atoms with Gasteiger partial charge in [0.1, 0.15) is 0 Å². The SMILES string of the molecule is C.CC(C)C(C(C)C)C(C)C.CC(C)C(CCC(C)(C)C)C(C)C.CC(C)CC(C(C)C)C(C)C.CC(C)N(CCC(C)(C)C)C(C)C. The molecule has 0 atom stereocenters. The highest BCUT2D eigenvalue weighted by atomic mass is 15.2. The van der Waals surface area contributed by atoms with E-state index < -0.39 is 0 Å². The summed E-state index contributed by atoms with van der Waals surface area (Å²) in [6.45, 7) is 61.6. The van der Waals surface area contributed by atoms with E-state index in [9.17, 15) is 0 Å². The summed E-state index contributed by atoms with van der Waals surface area (Å²) < 4.78 is 0. The highest BCUT2D eigenvalue weighted by molar-refractivity contribution is 4.73. The normalized spacial score (nSPS) is 12.8. The fraction of sp³-hybridized carbons (Fsp3) is 1.00. The van der Waals surface area contributed by atoms with E-state index >= 15 is 0 Å². The van der Waals surface area contributed by atoms with Gasteiger partial charge in [0.2, 0.25) is 0 Å². The first-order chi connectivity index (χ1) is 20.9. The quantitative estimate of drug-likeness (QED) is 0.166. The molecular weight excluding hydrogens is 579 g/mol. The van der Waals surface area contributed by atoms with Crippen LogP contribution in [0.25, 0.3) is 0 Å². The Morgan fingerprint density at radius 2 is 0.688 bits per heavy atom. The van der Waals surface area contributed by atoms with Crippen LogP contribution in [0.2, 0.25) is 0 Å². The molecule has 0 radical (unpaired) electrons. The molecule has 0 rings (SSSR count). The van der Waals surface area contributed by atoms with Crippen molar-refractivity contribution in [2.24, 2.45) is 75.9 Å². The van der Waals surface area contributed by atoms with Crippen LogP contribution in [0.1, 0.15) is 213 Å². The van der Waals surface area contributed by atoms with Crippen molar-refractivity contribution in [1.82, 2.24) is 4.90 Å². The lowest BCUT2D eigenvalue weighted by Gasteiger charge is -2.33. The zero-order valence-electron chi connectivity index (χ0n) is 38.5. The minimum Gasteiger partial charge on any atom is -0.299 e. The van der Waals surface area contributed by atoms with Gasteiger partial charge in [-0.2, -0.15) is 0 Å². The first-order valence-electron chi connectivity index (χ1n) is 20.6. The molecular formula is C47H105N. The monoisotopic (exact) mass is 684 g/mol. The predicted octanol–water partition coefficient (Wildman–Crippen LogP) is 16.4. The fourth-order valence-corrected chi connectivity index (χ4v) is 7.78. The molecule has 48 heavy (non-hydrogen) atoms. The minimum atomic E-state index is 0. The number of rotatable bonds is 15. The average Bonchev–Trinajstić information content (AvgIpc) is 2.80. The lowest BCUT2D eigenvalue weighted by atomic mass is 9.78. The van der Waals surface area contributed by atoms with E-state index in [1.54, 1.807) is 0 Å². The molecule has 0 aliphatic heterocycles. The smallest absolute Gasteiger partial charge is 0.00412 e. The highest BCUT2D eigenvalue weighted by Gasteiger charge is 2.22. The van der Waals surface area contributed by atoms with Crippen LogP contribution in [-0.4, -0.2) is 23.5 Å². The topological polar surface area (TPSA) is 3.24 Å². The third-order valence-electron chi connectivity index (χ3n) is 10.2. The summed E-state index contributed by atoms with van der Waals surface area (Å²) in [7, 11) is 0. The van der Waals surface area contributed by atoms with Crippen LogP contribution >= 0.6 is 0 Å². The number of hydrogen-bond acceptors (Lipinski definition) is 1. The Hall–Kier alpha value is -0.0400. The Kier molecular flexibility index (Phi) is 34.1. The van der Waals surface area contributed by atoms with Gasteiger partial charge in [0.25, 0.3) is 0 Å². The van der Waals surface area contributed by atoms with Crippen molar-refractivity contribution in [3.05, 3.63) is 0 Å². The zero-order chi connectivity index (χ0) is 38.6. The standard InChI is InChI=1S/C13H28.C12H27N.C11H24.C10H22.CH4/c1-10(2)12(11(3)4)8-9-13(5,6)7;1-10(2)13(11(3)4)9-8-12(5,6)7;1-8(2)7-11(9(3)4)10(5)6;1-7(2)10(8(3)4)9(5)6;/h10-12H,8-9H2,1-7H3;10-11H,8-9H2,1-7H3;8-11H,7H2,1-6H3;7-10H,1-6H3;1H4. The van der Waals surface area contributed by atoms with Crippen molar-refractivity contribution in [1.29, 1.82) is 0 Å². The van der Waals surface area contributed by atoms with Crippen molar-refractivity contribution in [2.45, 2.75) is 225 Å². The van der Waals surface area contributed by atoms with Crippen LogP contribution in [0.15, 0.2) is 0 Å². The molecule has 1 heteroatoms. The van der Waals surface area contributed by atoms with Crippen LogP contribution in [0.4, 0.5) is 0 Å². The van der Waals surface area contributed by atoms with Gasteiger partial charge in [-0.1, -0.05) is 160 Å². The second-order valence-electron chi connectivity index (χ2n) is 21.1. The third kappa shape index (κ3) is 34.4. The van der Waals surface area contributed by atoms with E-state index in [0.29, 0.717) is 22.9 Å². The van der Waals surface area contributed by atoms with Gasteiger partial charge in [0.15, 0.2) is 0 Å². The fourth-order valence-electron chi connectivity index (χ4n) is 7.78. The van der Waals surface area contributed by atoms with E-state index in [1.807, 2.05) is 0 Å². The molecule has 0 unspecified atom stereocenters. The molecule has 1 nitrogen and oxygen atoms in total. The Balaban J connectivity index is -0.000000171. The van der Waals surface area contributed by atoms with Gasteiger partial charge >= 0.3 is 0 Å². The van der Waals surface area contributed by atoms with Gasteiger partial charge in [-0.25, -0.2) is 0 Å². The van der Waals surface area contributed by atoms with Gasteiger partial charge in [-0.3, -0.25) is 4.90 Å². The largest absolute Gasteiger partial charge is 0.299 e. The number of nitrogens with zero attached hydrogens (tertiary/aromatic N) is 1. The van der Waals surface area contributed by atoms with Gasteiger partial charge in [0.05, 0.1) is 0 Å². The second kappa shape index (κ2) is 28.5. The first kappa shape index (κ1) is 57.3. The summed E-state index contributed by atoms with van der Waals surface area (Å²) in [6, 6.07) is 1.34. The van der Waals surface area contributed by atoms with Crippen LogP contribution in [0.3, 0.4) is 0 Å². The molecule has 0 amide bonds. The molecule has 0 bridgehead atoms. The van der Waals surface area contributed by atoms with E-state index in [4.69, 9.17) is 0 Å². The predicted molar refractivity (Wildman–Crippen MR) is 230 cm³/mol. The Bertz CT molecular complexity index is 585. The van der Waals surface area contributed by atoms with Gasteiger partial charge in [-0.05, 0) is 136 Å². The van der Waals surface area contributed by atoms with Crippen LogP contribution < -0.4 is 0 Å². The molecule has 0 aliphatic carbocycles. The molecule has 0 saturated carbocycles. The number of hydrogen-bond donors (Lipinski definition) is 0. The summed E-state index contributed by atoms with van der Waals surface area (Å²) in [6.07, 6.45) is 5.41. The summed E-state index contributed by atoms with van der Waals surface area (Å²) >= 11 is 0. The second-order valence-corrected chi connectivity index (χ2v) is 21.1. The van der Waals surface area contributed by atoms with Gasteiger partial charge in [-0.15, -0.1) is 0 Å². The zero-order valence-corrected chi connectivity index (χ0v) is 38.5. The molecule has 0 spiro atoms. The molecule has 298 valence electrons. The molecule has 0 fully saturated rings. The third-order valence-corrected chi connectivity index (χ3v) is 10.2. The first-order valence-corrected chi connectivity index (χ1v) is 20.6. The molecule has 0 N–H and O–H groups in total.